The van der Waals surface area contributed by atoms with E-state index in [1.54, 1.807) is 0 Å². The van der Waals surface area contributed by atoms with Gasteiger partial charge >= 0.3 is 0 Å². The minimum atomic E-state index is 0.156. The third kappa shape index (κ3) is 1.34. The van der Waals surface area contributed by atoms with Crippen LogP contribution in [0.4, 0.5) is 0 Å². The molecule has 2 rings (SSSR count). The second kappa shape index (κ2) is 2.97. The van der Waals surface area contributed by atoms with E-state index in [1.165, 1.54) is 5.70 Å². The number of halogens is 1. The Morgan fingerprint density at radius 1 is 1.64 bits per heavy atom. The van der Waals surface area contributed by atoms with Crippen LogP contribution in [0.1, 0.15) is 0 Å². The molecule has 0 aromatic carbocycles. The molecule has 0 bridgehead atoms. The third-order valence-corrected chi connectivity index (χ3v) is 3.53. The summed E-state index contributed by atoms with van der Waals surface area (Å²) in [6.45, 7) is 1.85. The minimum Gasteiger partial charge on any atom is -0.490 e. The molecule has 0 aliphatic carbocycles. The zero-order chi connectivity index (χ0) is 7.68. The Bertz CT molecular complexity index is 255. The van der Waals surface area contributed by atoms with Crippen LogP contribution in [-0.2, 0) is 4.74 Å². The summed E-state index contributed by atoms with van der Waals surface area (Å²) in [7, 11) is 2.12. The lowest BCUT2D eigenvalue weighted by Crippen LogP contribution is -2.29. The number of hydrogen-bond donors (Lipinski definition) is 0. The van der Waals surface area contributed by atoms with Crippen LogP contribution in [0.2, 0.25) is 0 Å². The molecule has 0 radical (unpaired) electrons. The lowest BCUT2D eigenvalue weighted by Gasteiger charge is -2.28. The van der Waals surface area contributed by atoms with Crippen molar-refractivity contribution in [2.24, 2.45) is 0 Å². The Kier molecular flexibility index (Phi) is 1.98. The van der Waals surface area contributed by atoms with Gasteiger partial charge in [-0.1, -0.05) is 20.7 Å². The highest BCUT2D eigenvalue weighted by Gasteiger charge is 2.15. The average molecular weight is 263 g/mol. The van der Waals surface area contributed by atoms with E-state index in [0.29, 0.717) is 0 Å². The first-order valence-electron chi connectivity index (χ1n) is 3.58. The maximum Gasteiger partial charge on any atom is 0.143 e. The van der Waals surface area contributed by atoms with Gasteiger partial charge in [0.1, 0.15) is 12.4 Å². The molecule has 0 aromatic rings. The molecule has 0 atom stereocenters. The number of hydrogen-bond acceptors (Lipinski definition) is 2. The van der Waals surface area contributed by atoms with Gasteiger partial charge in [0.2, 0.25) is 0 Å². The Hall–Kier alpha value is -0.320. The lowest BCUT2D eigenvalue weighted by molar-refractivity contribution is 0.160. The van der Waals surface area contributed by atoms with Crippen LogP contribution in [0.15, 0.2) is 21.6 Å². The molecule has 2 nitrogen and oxygen atoms in total. The van der Waals surface area contributed by atoms with E-state index in [0.717, 1.165) is 18.9 Å². The monoisotopic (exact) mass is 263 g/mol. The summed E-state index contributed by atoms with van der Waals surface area (Å²) in [5.41, 5.74) is 1.30. The molecule has 0 spiro atoms. The smallest absolute Gasteiger partial charge is 0.143 e. The largest absolute Gasteiger partial charge is 0.490 e. The standard InChI is InChI=1S/C8H10INO/c1-10-4-5-11-8-2-3-9-6-7(8)10/h2-3,6H,4-5H2,1H3. The normalized spacial score (nSPS) is 22.5. The van der Waals surface area contributed by atoms with Crippen molar-refractivity contribution in [3.8, 4) is 0 Å². The number of allylic oxidation sites excluding steroid dienone is 2. The third-order valence-electron chi connectivity index (χ3n) is 1.80. The van der Waals surface area contributed by atoms with Crippen LogP contribution >= 0.6 is 20.7 Å². The fourth-order valence-corrected chi connectivity index (χ4v) is 3.00. The van der Waals surface area contributed by atoms with Gasteiger partial charge in [0, 0.05) is 7.05 Å². The van der Waals surface area contributed by atoms with Gasteiger partial charge in [0.25, 0.3) is 0 Å². The van der Waals surface area contributed by atoms with E-state index < -0.39 is 0 Å². The molecule has 60 valence electrons. The van der Waals surface area contributed by atoms with E-state index in [9.17, 15) is 0 Å². The number of rotatable bonds is 0. The van der Waals surface area contributed by atoms with Crippen molar-refractivity contribution in [3.05, 3.63) is 21.6 Å². The fraction of sp³-hybridized carbons (Fsp3) is 0.375. The summed E-state index contributed by atoms with van der Waals surface area (Å²) in [6.07, 6.45) is 2.11. The highest BCUT2D eigenvalue weighted by Crippen LogP contribution is 2.22. The number of likely N-dealkylation sites (N-methyl/N-ethyl adjacent to an activating group) is 1. The lowest BCUT2D eigenvalue weighted by atomic mass is 10.3. The summed E-state index contributed by atoms with van der Waals surface area (Å²) < 4.78 is 10.0. The van der Waals surface area contributed by atoms with Crippen LogP contribution in [0.25, 0.3) is 0 Å². The molecular weight excluding hydrogens is 253 g/mol. The van der Waals surface area contributed by atoms with Crippen LogP contribution in [0.3, 0.4) is 0 Å². The van der Waals surface area contributed by atoms with Crippen molar-refractivity contribution in [3.63, 3.8) is 0 Å². The SMILES string of the molecule is CN1CCOC2=C1C=IC=C2. The first-order chi connectivity index (χ1) is 5.38. The second-order valence-corrected chi connectivity index (χ2v) is 4.61. The summed E-state index contributed by atoms with van der Waals surface area (Å²) in [5, 5.41) is 0. The predicted octanol–water partition coefficient (Wildman–Crippen LogP) is 1.46. The summed E-state index contributed by atoms with van der Waals surface area (Å²) >= 11 is 0.156. The van der Waals surface area contributed by atoms with Gasteiger partial charge in [-0.15, -0.1) is 0 Å². The molecule has 0 unspecified atom stereocenters. The summed E-state index contributed by atoms with van der Waals surface area (Å²) in [5.74, 6) is 1.06. The van der Waals surface area contributed by atoms with E-state index in [-0.39, 0.29) is 20.7 Å². The van der Waals surface area contributed by atoms with E-state index in [1.807, 2.05) is 0 Å². The first kappa shape index (κ1) is 7.34. The van der Waals surface area contributed by atoms with Crippen LogP contribution in [0.5, 0.6) is 0 Å². The van der Waals surface area contributed by atoms with Gasteiger partial charge in [0.15, 0.2) is 0 Å². The van der Waals surface area contributed by atoms with Gasteiger partial charge in [-0.3, -0.25) is 0 Å². The molecule has 0 N–H and O–H groups in total. The molecule has 0 amide bonds. The molecular formula is C8H10INO. The van der Waals surface area contributed by atoms with Gasteiger partial charge in [-0.05, 0) is 14.2 Å². The molecule has 2 heterocycles. The molecule has 0 saturated carbocycles. The molecule has 0 fully saturated rings. The zero-order valence-corrected chi connectivity index (χ0v) is 8.54. The van der Waals surface area contributed by atoms with Crippen LogP contribution < -0.4 is 0 Å². The molecule has 3 heteroatoms. The van der Waals surface area contributed by atoms with Crippen molar-refractivity contribution in [1.82, 2.24) is 4.90 Å². The quantitative estimate of drug-likeness (QED) is 0.613. The van der Waals surface area contributed by atoms with Crippen molar-refractivity contribution < 1.29 is 4.74 Å². The van der Waals surface area contributed by atoms with Crippen LogP contribution in [-0.4, -0.2) is 29.1 Å². The molecule has 2 aliphatic heterocycles. The van der Waals surface area contributed by atoms with E-state index in [2.05, 4.69) is 26.1 Å². The maximum absolute atomic E-state index is 5.49. The van der Waals surface area contributed by atoms with Gasteiger partial charge < -0.3 is 9.64 Å². The van der Waals surface area contributed by atoms with E-state index in [4.69, 9.17) is 4.74 Å². The van der Waals surface area contributed by atoms with Crippen molar-refractivity contribution in [2.45, 2.75) is 0 Å². The Morgan fingerprint density at radius 3 is 3.36 bits per heavy atom. The molecule has 11 heavy (non-hydrogen) atoms. The molecule has 2 aliphatic rings. The Labute approximate surface area is 76.3 Å². The predicted molar refractivity (Wildman–Crippen MR) is 54.8 cm³/mol. The van der Waals surface area contributed by atoms with Gasteiger partial charge in [-0.25, -0.2) is 0 Å². The first-order valence-corrected chi connectivity index (χ1v) is 6.07. The fourth-order valence-electron chi connectivity index (χ4n) is 1.14. The molecule has 0 aromatic heterocycles. The second-order valence-electron chi connectivity index (χ2n) is 2.55. The highest BCUT2D eigenvalue weighted by molar-refractivity contribution is 14.2. The highest BCUT2D eigenvalue weighted by atomic mass is 127. The van der Waals surface area contributed by atoms with Gasteiger partial charge in [0.05, 0.1) is 12.2 Å². The minimum absolute atomic E-state index is 0.156. The van der Waals surface area contributed by atoms with Crippen molar-refractivity contribution in [2.75, 3.05) is 20.2 Å². The number of ether oxygens (including phenoxy) is 1. The maximum atomic E-state index is 5.49. The Balaban J connectivity index is 2.37. The molecule has 0 saturated heterocycles. The zero-order valence-electron chi connectivity index (χ0n) is 6.38. The average Bonchev–Trinajstić information content (AvgIpc) is 2.06. The van der Waals surface area contributed by atoms with Gasteiger partial charge in [-0.2, -0.15) is 0 Å². The van der Waals surface area contributed by atoms with E-state index >= 15 is 0 Å². The van der Waals surface area contributed by atoms with Crippen molar-refractivity contribution >= 4 is 24.7 Å². The van der Waals surface area contributed by atoms with Crippen LogP contribution in [0, 0.1) is 0 Å². The number of nitrogens with zero attached hydrogens (tertiary/aromatic N) is 1. The topological polar surface area (TPSA) is 12.5 Å². The van der Waals surface area contributed by atoms with Crippen molar-refractivity contribution in [1.29, 1.82) is 0 Å². The summed E-state index contributed by atoms with van der Waals surface area (Å²) in [4.78, 5) is 2.27. The summed E-state index contributed by atoms with van der Waals surface area (Å²) in [6, 6.07) is 0. The Morgan fingerprint density at radius 2 is 2.55 bits per heavy atom.